The summed E-state index contributed by atoms with van der Waals surface area (Å²) in [6.45, 7) is 1.07. The molecule has 1 aliphatic carbocycles. The number of carbonyl (C=O) groups excluding carboxylic acids is 1. The van der Waals surface area contributed by atoms with Crippen LogP contribution in [-0.4, -0.2) is 19.1 Å². The van der Waals surface area contributed by atoms with Crippen LogP contribution in [0, 0.1) is 5.92 Å². The van der Waals surface area contributed by atoms with Gasteiger partial charge < -0.3 is 15.8 Å². The van der Waals surface area contributed by atoms with Gasteiger partial charge >= 0.3 is 0 Å². The first-order chi connectivity index (χ1) is 8.74. The van der Waals surface area contributed by atoms with Gasteiger partial charge in [-0.25, -0.2) is 0 Å². The number of rotatable bonds is 3. The lowest BCUT2D eigenvalue weighted by Gasteiger charge is -2.14. The Balaban J connectivity index is 1.85. The van der Waals surface area contributed by atoms with E-state index in [0.717, 1.165) is 17.9 Å². The van der Waals surface area contributed by atoms with E-state index in [-0.39, 0.29) is 11.9 Å². The fraction of sp³-hybridized carbons (Fsp3) is 0.500. The fourth-order valence-corrected chi connectivity index (χ4v) is 2.35. The molecule has 0 saturated heterocycles. The van der Waals surface area contributed by atoms with Crippen molar-refractivity contribution >= 4 is 5.91 Å². The second kappa shape index (κ2) is 4.61. The first-order valence-corrected chi connectivity index (χ1v) is 6.54. The number of fused-ring (bicyclic) bond motifs is 1. The molecule has 0 bridgehead atoms. The van der Waals surface area contributed by atoms with Crippen LogP contribution in [0.25, 0.3) is 0 Å². The van der Waals surface area contributed by atoms with Gasteiger partial charge in [-0.2, -0.15) is 0 Å². The average Bonchev–Trinajstić information content (AvgIpc) is 3.18. The summed E-state index contributed by atoms with van der Waals surface area (Å²) in [4.78, 5) is 11.9. The van der Waals surface area contributed by atoms with Crippen molar-refractivity contribution in [1.82, 2.24) is 5.32 Å². The molecule has 3 N–H and O–H groups in total. The van der Waals surface area contributed by atoms with Crippen LogP contribution in [0.15, 0.2) is 18.2 Å². The molecule has 1 amide bonds. The van der Waals surface area contributed by atoms with Crippen molar-refractivity contribution in [3.05, 3.63) is 29.3 Å². The summed E-state index contributed by atoms with van der Waals surface area (Å²) in [5.41, 5.74) is 7.82. The Morgan fingerprint density at radius 2 is 2.28 bits per heavy atom. The van der Waals surface area contributed by atoms with E-state index in [4.69, 9.17) is 10.5 Å². The summed E-state index contributed by atoms with van der Waals surface area (Å²) in [7, 11) is 0. The summed E-state index contributed by atoms with van der Waals surface area (Å²) in [6.07, 6.45) is 3.60. The number of nitrogens with two attached hydrogens (primary N) is 1. The smallest absolute Gasteiger partial charge is 0.255 e. The zero-order chi connectivity index (χ0) is 12.5. The maximum atomic E-state index is 11.9. The van der Waals surface area contributed by atoms with Crippen molar-refractivity contribution in [2.45, 2.75) is 25.3 Å². The molecule has 1 unspecified atom stereocenters. The molecule has 96 valence electrons. The van der Waals surface area contributed by atoms with Gasteiger partial charge in [-0.3, -0.25) is 4.79 Å². The van der Waals surface area contributed by atoms with Gasteiger partial charge in [0.05, 0.1) is 12.1 Å². The van der Waals surface area contributed by atoms with Crippen molar-refractivity contribution in [3.8, 4) is 5.75 Å². The summed E-state index contributed by atoms with van der Waals surface area (Å²) in [5.74, 6) is 1.37. The van der Waals surface area contributed by atoms with Crippen LogP contribution in [0.1, 0.15) is 41.2 Å². The molecule has 4 nitrogen and oxygen atoms in total. The number of nitrogens with one attached hydrogen (secondary N) is 1. The van der Waals surface area contributed by atoms with Gasteiger partial charge in [-0.15, -0.1) is 0 Å². The Bertz CT molecular complexity index is 469. The largest absolute Gasteiger partial charge is 0.491 e. The molecule has 3 rings (SSSR count). The lowest BCUT2D eigenvalue weighted by atomic mass is 9.99. The Labute approximate surface area is 107 Å². The number of hydrogen-bond donors (Lipinski definition) is 2. The number of hydrogen-bond acceptors (Lipinski definition) is 3. The second-order valence-electron chi connectivity index (χ2n) is 5.15. The summed E-state index contributed by atoms with van der Waals surface area (Å²) >= 11 is 0. The Kier molecular flexibility index (Phi) is 2.96. The van der Waals surface area contributed by atoms with Crippen LogP contribution < -0.4 is 15.8 Å². The van der Waals surface area contributed by atoms with Gasteiger partial charge in [0.2, 0.25) is 0 Å². The molecule has 2 aliphatic rings. The minimum Gasteiger partial charge on any atom is -0.491 e. The Hall–Kier alpha value is -1.55. The van der Waals surface area contributed by atoms with Gasteiger partial charge in [0.1, 0.15) is 12.4 Å². The second-order valence-corrected chi connectivity index (χ2v) is 5.15. The third-order valence-corrected chi connectivity index (χ3v) is 3.61. The lowest BCUT2D eigenvalue weighted by molar-refractivity contribution is 0.0957. The molecule has 1 atom stereocenters. The summed E-state index contributed by atoms with van der Waals surface area (Å²) in [5, 5.41) is 2.82. The van der Waals surface area contributed by atoms with Crippen molar-refractivity contribution < 1.29 is 9.53 Å². The first-order valence-electron chi connectivity index (χ1n) is 6.54. The van der Waals surface area contributed by atoms with E-state index in [9.17, 15) is 4.79 Å². The van der Waals surface area contributed by atoms with Crippen molar-refractivity contribution in [2.75, 3.05) is 13.2 Å². The molecule has 18 heavy (non-hydrogen) atoms. The molecule has 1 aliphatic heterocycles. The van der Waals surface area contributed by atoms with Gasteiger partial charge in [-0.05, 0) is 30.0 Å². The minimum atomic E-state index is -0.0667. The highest BCUT2D eigenvalue weighted by Gasteiger charge is 2.25. The molecular formula is C14H18N2O2. The zero-order valence-electron chi connectivity index (χ0n) is 10.3. The minimum absolute atomic E-state index is 0.0267. The molecule has 1 fully saturated rings. The van der Waals surface area contributed by atoms with Crippen molar-refractivity contribution in [3.63, 3.8) is 0 Å². The highest BCUT2D eigenvalue weighted by atomic mass is 16.5. The van der Waals surface area contributed by atoms with Crippen LogP contribution in [0.2, 0.25) is 0 Å². The number of ether oxygens (including phenoxy) is 1. The topological polar surface area (TPSA) is 64.4 Å². The number of amides is 1. The van der Waals surface area contributed by atoms with Crippen LogP contribution in [0.3, 0.4) is 0 Å². The molecule has 1 heterocycles. The number of benzene rings is 1. The average molecular weight is 246 g/mol. The fourth-order valence-electron chi connectivity index (χ4n) is 2.35. The molecular weight excluding hydrogens is 228 g/mol. The summed E-state index contributed by atoms with van der Waals surface area (Å²) < 4.78 is 5.52. The molecule has 1 aromatic rings. The third-order valence-electron chi connectivity index (χ3n) is 3.61. The van der Waals surface area contributed by atoms with E-state index in [1.807, 2.05) is 18.2 Å². The van der Waals surface area contributed by atoms with Crippen LogP contribution in [-0.2, 0) is 0 Å². The maximum absolute atomic E-state index is 11.9. The molecule has 0 aromatic heterocycles. The quantitative estimate of drug-likeness (QED) is 0.851. The zero-order valence-corrected chi connectivity index (χ0v) is 10.3. The first kappa shape index (κ1) is 11.5. The lowest BCUT2D eigenvalue weighted by Crippen LogP contribution is -2.24. The van der Waals surface area contributed by atoms with Crippen LogP contribution >= 0.6 is 0 Å². The standard InChI is InChI=1S/C14H18N2O2/c15-12(7-9-1-2-9)10-3-4-13-11(8-10)14(17)16-5-6-18-13/h3-4,8-9,12H,1-2,5-7,15H2,(H,16,17). The van der Waals surface area contributed by atoms with E-state index in [1.165, 1.54) is 12.8 Å². The molecule has 0 radical (unpaired) electrons. The molecule has 1 aromatic carbocycles. The molecule has 1 saturated carbocycles. The van der Waals surface area contributed by atoms with E-state index < -0.39 is 0 Å². The monoisotopic (exact) mass is 246 g/mol. The highest BCUT2D eigenvalue weighted by molar-refractivity contribution is 5.97. The van der Waals surface area contributed by atoms with Gasteiger partial charge in [0, 0.05) is 6.04 Å². The maximum Gasteiger partial charge on any atom is 0.255 e. The highest BCUT2D eigenvalue weighted by Crippen LogP contribution is 2.37. The van der Waals surface area contributed by atoms with Gasteiger partial charge in [0.15, 0.2) is 0 Å². The van der Waals surface area contributed by atoms with E-state index in [1.54, 1.807) is 0 Å². The predicted octanol–water partition coefficient (Wildman–Crippen LogP) is 1.61. The van der Waals surface area contributed by atoms with Crippen LogP contribution in [0.5, 0.6) is 5.75 Å². The number of carbonyl (C=O) groups is 1. The van der Waals surface area contributed by atoms with E-state index in [0.29, 0.717) is 24.5 Å². The van der Waals surface area contributed by atoms with Gasteiger partial charge in [-0.1, -0.05) is 18.9 Å². The predicted molar refractivity (Wildman–Crippen MR) is 68.5 cm³/mol. The van der Waals surface area contributed by atoms with E-state index in [2.05, 4.69) is 5.32 Å². The van der Waals surface area contributed by atoms with Crippen LogP contribution in [0.4, 0.5) is 0 Å². The SMILES string of the molecule is NC(CC1CC1)c1ccc2c(c1)C(=O)NCCO2. The molecule has 0 spiro atoms. The summed E-state index contributed by atoms with van der Waals surface area (Å²) in [6, 6.07) is 5.74. The van der Waals surface area contributed by atoms with Crippen molar-refractivity contribution in [1.29, 1.82) is 0 Å². The Morgan fingerprint density at radius 3 is 3.06 bits per heavy atom. The van der Waals surface area contributed by atoms with E-state index >= 15 is 0 Å². The van der Waals surface area contributed by atoms with Gasteiger partial charge in [0.25, 0.3) is 5.91 Å². The third kappa shape index (κ3) is 2.34. The van der Waals surface area contributed by atoms with Crippen molar-refractivity contribution in [2.24, 2.45) is 11.7 Å². The Morgan fingerprint density at radius 1 is 1.44 bits per heavy atom. The normalized spacial score (nSPS) is 20.4. The molecule has 4 heteroatoms.